The summed E-state index contributed by atoms with van der Waals surface area (Å²) >= 11 is 0. The standard InChI is InChI=1S/C16H14F2N2O4/c1-2-19(12-5-8-14(17)15(18)9-12)16(21)10-24-13-6-3-11(4-7-13)20(22)23/h3-9H,2,10H2,1H3. The van der Waals surface area contributed by atoms with Gasteiger partial charge >= 0.3 is 0 Å². The van der Waals surface area contributed by atoms with Crippen molar-refractivity contribution in [3.63, 3.8) is 0 Å². The zero-order chi connectivity index (χ0) is 17.7. The molecule has 126 valence electrons. The van der Waals surface area contributed by atoms with Crippen molar-refractivity contribution >= 4 is 17.3 Å². The SMILES string of the molecule is CCN(C(=O)COc1ccc([N+](=O)[O-])cc1)c1ccc(F)c(F)c1. The number of ether oxygens (including phenoxy) is 1. The molecular formula is C16H14F2N2O4. The van der Waals surface area contributed by atoms with Crippen LogP contribution in [0.25, 0.3) is 0 Å². The highest BCUT2D eigenvalue weighted by Crippen LogP contribution is 2.20. The average molecular weight is 336 g/mol. The molecule has 24 heavy (non-hydrogen) atoms. The average Bonchev–Trinajstić information content (AvgIpc) is 2.57. The molecule has 1 amide bonds. The Labute approximate surface area is 136 Å². The second kappa shape index (κ2) is 7.49. The monoisotopic (exact) mass is 336 g/mol. The van der Waals surface area contributed by atoms with Crippen LogP contribution in [-0.2, 0) is 4.79 Å². The fourth-order valence-corrected chi connectivity index (χ4v) is 2.04. The first-order valence-electron chi connectivity index (χ1n) is 7.05. The molecule has 0 atom stereocenters. The van der Waals surface area contributed by atoms with Crippen LogP contribution in [0.5, 0.6) is 5.75 Å². The summed E-state index contributed by atoms with van der Waals surface area (Å²) in [5.74, 6) is -2.21. The number of hydrogen-bond donors (Lipinski definition) is 0. The molecule has 0 saturated carbocycles. The van der Waals surface area contributed by atoms with E-state index in [1.165, 1.54) is 35.2 Å². The summed E-state index contributed by atoms with van der Waals surface area (Å²) in [4.78, 5) is 23.5. The van der Waals surface area contributed by atoms with E-state index in [0.29, 0.717) is 0 Å². The minimum absolute atomic E-state index is 0.0920. The number of likely N-dealkylation sites (N-methyl/N-ethyl adjacent to an activating group) is 1. The van der Waals surface area contributed by atoms with E-state index in [-0.39, 0.29) is 30.3 Å². The zero-order valence-electron chi connectivity index (χ0n) is 12.7. The molecule has 0 aliphatic rings. The van der Waals surface area contributed by atoms with Crippen LogP contribution in [0.2, 0.25) is 0 Å². The first-order chi connectivity index (χ1) is 11.4. The molecule has 0 radical (unpaired) electrons. The summed E-state index contributed by atoms with van der Waals surface area (Å²) in [6.45, 7) is 1.59. The fourth-order valence-electron chi connectivity index (χ4n) is 2.04. The van der Waals surface area contributed by atoms with Gasteiger partial charge in [0.2, 0.25) is 0 Å². The fraction of sp³-hybridized carbons (Fsp3) is 0.188. The summed E-state index contributed by atoms with van der Waals surface area (Å²) in [5, 5.41) is 10.6. The number of anilines is 1. The second-order valence-corrected chi connectivity index (χ2v) is 4.78. The van der Waals surface area contributed by atoms with Crippen LogP contribution in [0, 0.1) is 21.7 Å². The third-order valence-corrected chi connectivity index (χ3v) is 3.24. The van der Waals surface area contributed by atoms with Gasteiger partial charge in [0, 0.05) is 30.4 Å². The van der Waals surface area contributed by atoms with Crippen LogP contribution in [0.4, 0.5) is 20.2 Å². The molecule has 8 heteroatoms. The molecule has 0 aliphatic heterocycles. The molecule has 6 nitrogen and oxygen atoms in total. The van der Waals surface area contributed by atoms with Crippen LogP contribution < -0.4 is 9.64 Å². The summed E-state index contributed by atoms with van der Waals surface area (Å²) < 4.78 is 31.5. The maximum absolute atomic E-state index is 13.3. The number of amides is 1. The van der Waals surface area contributed by atoms with Gasteiger partial charge in [0.1, 0.15) is 5.75 Å². The summed E-state index contributed by atoms with van der Waals surface area (Å²) in [7, 11) is 0. The topological polar surface area (TPSA) is 72.7 Å². The van der Waals surface area contributed by atoms with Gasteiger partial charge in [-0.05, 0) is 31.2 Å². The molecule has 0 heterocycles. The van der Waals surface area contributed by atoms with E-state index in [9.17, 15) is 23.7 Å². The van der Waals surface area contributed by atoms with Crippen molar-refractivity contribution in [3.8, 4) is 5.75 Å². The smallest absolute Gasteiger partial charge is 0.269 e. The first-order valence-corrected chi connectivity index (χ1v) is 7.05. The minimum atomic E-state index is -1.05. The van der Waals surface area contributed by atoms with Gasteiger partial charge in [-0.1, -0.05) is 0 Å². The Bertz CT molecular complexity index is 750. The molecule has 0 N–H and O–H groups in total. The number of halogens is 2. The summed E-state index contributed by atoms with van der Waals surface area (Å²) in [6.07, 6.45) is 0. The summed E-state index contributed by atoms with van der Waals surface area (Å²) in [6, 6.07) is 8.43. The Hall–Kier alpha value is -3.03. The van der Waals surface area contributed by atoms with Gasteiger partial charge < -0.3 is 9.64 Å². The molecule has 2 aromatic rings. The Morgan fingerprint density at radius 3 is 2.38 bits per heavy atom. The van der Waals surface area contributed by atoms with Gasteiger partial charge in [0.15, 0.2) is 18.2 Å². The van der Waals surface area contributed by atoms with Gasteiger partial charge in [0.05, 0.1) is 4.92 Å². The zero-order valence-corrected chi connectivity index (χ0v) is 12.7. The van der Waals surface area contributed by atoms with Crippen molar-refractivity contribution < 1.29 is 23.2 Å². The number of nitro benzene ring substituents is 1. The quantitative estimate of drug-likeness (QED) is 0.599. The number of benzene rings is 2. The first kappa shape index (κ1) is 17.3. The van der Waals surface area contributed by atoms with E-state index in [1.807, 2.05) is 0 Å². The molecule has 0 bridgehead atoms. The number of carbonyl (C=O) groups excluding carboxylic acids is 1. The lowest BCUT2D eigenvalue weighted by molar-refractivity contribution is -0.384. The third kappa shape index (κ3) is 4.03. The van der Waals surface area contributed by atoms with Gasteiger partial charge in [-0.15, -0.1) is 0 Å². The number of hydrogen-bond acceptors (Lipinski definition) is 4. The molecule has 0 spiro atoms. The molecular weight excluding hydrogens is 322 g/mol. The summed E-state index contributed by atoms with van der Waals surface area (Å²) in [5.41, 5.74) is 0.124. The molecule has 0 saturated heterocycles. The molecule has 0 unspecified atom stereocenters. The van der Waals surface area contributed by atoms with E-state index in [4.69, 9.17) is 4.74 Å². The van der Waals surface area contributed by atoms with E-state index < -0.39 is 22.5 Å². The molecule has 2 rings (SSSR count). The van der Waals surface area contributed by atoms with Gasteiger partial charge in [0.25, 0.3) is 11.6 Å². The Morgan fingerprint density at radius 1 is 1.17 bits per heavy atom. The lowest BCUT2D eigenvalue weighted by Crippen LogP contribution is -2.34. The lowest BCUT2D eigenvalue weighted by atomic mass is 10.2. The number of rotatable bonds is 6. The molecule has 0 aliphatic carbocycles. The van der Waals surface area contributed by atoms with Crippen molar-refractivity contribution in [1.82, 2.24) is 0 Å². The maximum atomic E-state index is 13.3. The van der Waals surface area contributed by atoms with Gasteiger partial charge in [-0.25, -0.2) is 8.78 Å². The number of nitrogens with zero attached hydrogens (tertiary/aromatic N) is 2. The van der Waals surface area contributed by atoms with Crippen molar-refractivity contribution in [1.29, 1.82) is 0 Å². The third-order valence-electron chi connectivity index (χ3n) is 3.24. The van der Waals surface area contributed by atoms with Crippen molar-refractivity contribution in [3.05, 3.63) is 64.2 Å². The van der Waals surface area contributed by atoms with E-state index >= 15 is 0 Å². The number of non-ortho nitro benzene ring substituents is 1. The predicted octanol–water partition coefficient (Wildman–Crippen LogP) is 3.30. The van der Waals surface area contributed by atoms with E-state index in [2.05, 4.69) is 0 Å². The lowest BCUT2D eigenvalue weighted by Gasteiger charge is -2.21. The molecule has 0 fully saturated rings. The van der Waals surface area contributed by atoms with Crippen LogP contribution in [0.15, 0.2) is 42.5 Å². The predicted molar refractivity (Wildman–Crippen MR) is 83.0 cm³/mol. The molecule has 0 aromatic heterocycles. The maximum Gasteiger partial charge on any atom is 0.269 e. The number of carbonyl (C=O) groups is 1. The van der Waals surface area contributed by atoms with Gasteiger partial charge in [-0.3, -0.25) is 14.9 Å². The highest BCUT2D eigenvalue weighted by atomic mass is 19.2. The largest absolute Gasteiger partial charge is 0.484 e. The van der Waals surface area contributed by atoms with Crippen molar-refractivity contribution in [2.45, 2.75) is 6.92 Å². The Balaban J connectivity index is 2.03. The minimum Gasteiger partial charge on any atom is -0.484 e. The molecule has 2 aromatic carbocycles. The highest BCUT2D eigenvalue weighted by molar-refractivity contribution is 5.94. The van der Waals surface area contributed by atoms with E-state index in [0.717, 1.165) is 12.1 Å². The second-order valence-electron chi connectivity index (χ2n) is 4.78. The van der Waals surface area contributed by atoms with Crippen LogP contribution in [0.1, 0.15) is 6.92 Å². The van der Waals surface area contributed by atoms with Crippen molar-refractivity contribution in [2.75, 3.05) is 18.1 Å². The van der Waals surface area contributed by atoms with Crippen LogP contribution in [0.3, 0.4) is 0 Å². The van der Waals surface area contributed by atoms with Crippen molar-refractivity contribution in [2.24, 2.45) is 0 Å². The van der Waals surface area contributed by atoms with Crippen LogP contribution >= 0.6 is 0 Å². The normalized spacial score (nSPS) is 10.3. The Kier molecular flexibility index (Phi) is 5.41. The van der Waals surface area contributed by atoms with Gasteiger partial charge in [-0.2, -0.15) is 0 Å². The Morgan fingerprint density at radius 2 is 1.83 bits per heavy atom. The highest BCUT2D eigenvalue weighted by Gasteiger charge is 2.16. The number of nitro groups is 1. The van der Waals surface area contributed by atoms with E-state index in [1.54, 1.807) is 6.92 Å². The van der Waals surface area contributed by atoms with Crippen LogP contribution in [-0.4, -0.2) is 24.0 Å².